The van der Waals surface area contributed by atoms with Crippen molar-refractivity contribution in [2.24, 2.45) is 0 Å². The Balaban J connectivity index is 2.19. The fourth-order valence-electron chi connectivity index (χ4n) is 1.50. The first kappa shape index (κ1) is 10.9. The average molecular weight is 240 g/mol. The standard InChI is InChI=1S/C11H12O2S2/c12-10(13)8-3-1-4-9(7-8)11-14-5-2-6-15-11/h1,3-4,7,11H,2,5-6H2,(H,12,13). The summed E-state index contributed by atoms with van der Waals surface area (Å²) in [6.45, 7) is 0. The first-order chi connectivity index (χ1) is 7.27. The summed E-state index contributed by atoms with van der Waals surface area (Å²) < 4.78 is 0.415. The molecule has 1 aliphatic heterocycles. The minimum Gasteiger partial charge on any atom is -0.478 e. The maximum Gasteiger partial charge on any atom is 0.335 e. The minimum absolute atomic E-state index is 0.388. The largest absolute Gasteiger partial charge is 0.478 e. The molecule has 1 aliphatic rings. The molecule has 0 aromatic heterocycles. The van der Waals surface area contributed by atoms with E-state index in [0.29, 0.717) is 10.1 Å². The Morgan fingerprint density at radius 1 is 1.33 bits per heavy atom. The van der Waals surface area contributed by atoms with Gasteiger partial charge in [-0.05, 0) is 35.6 Å². The number of hydrogen-bond donors (Lipinski definition) is 1. The van der Waals surface area contributed by atoms with E-state index in [-0.39, 0.29) is 0 Å². The highest BCUT2D eigenvalue weighted by atomic mass is 32.2. The molecule has 0 saturated carbocycles. The Morgan fingerprint density at radius 2 is 2.07 bits per heavy atom. The summed E-state index contributed by atoms with van der Waals surface area (Å²) in [4.78, 5) is 10.8. The normalized spacial score (nSPS) is 17.6. The molecule has 4 heteroatoms. The molecule has 0 bridgehead atoms. The van der Waals surface area contributed by atoms with E-state index in [4.69, 9.17) is 5.11 Å². The molecule has 15 heavy (non-hydrogen) atoms. The van der Waals surface area contributed by atoms with Gasteiger partial charge >= 0.3 is 5.97 Å². The van der Waals surface area contributed by atoms with Crippen LogP contribution in [-0.4, -0.2) is 22.6 Å². The molecule has 2 rings (SSSR count). The van der Waals surface area contributed by atoms with Crippen molar-refractivity contribution in [3.05, 3.63) is 35.4 Å². The predicted molar refractivity (Wildman–Crippen MR) is 65.7 cm³/mol. The fourth-order valence-corrected chi connectivity index (χ4v) is 4.37. The third kappa shape index (κ3) is 2.69. The van der Waals surface area contributed by atoms with E-state index in [1.807, 2.05) is 35.7 Å². The number of rotatable bonds is 2. The van der Waals surface area contributed by atoms with Crippen molar-refractivity contribution >= 4 is 29.5 Å². The smallest absolute Gasteiger partial charge is 0.335 e. The SMILES string of the molecule is O=C(O)c1cccc(C2SCCCS2)c1. The summed E-state index contributed by atoms with van der Waals surface area (Å²) in [5.41, 5.74) is 1.52. The lowest BCUT2D eigenvalue weighted by Crippen LogP contribution is -2.02. The van der Waals surface area contributed by atoms with Crippen LogP contribution in [-0.2, 0) is 0 Å². The van der Waals surface area contributed by atoms with Crippen LogP contribution in [0, 0.1) is 0 Å². The summed E-state index contributed by atoms with van der Waals surface area (Å²) in [5.74, 6) is 1.51. The van der Waals surface area contributed by atoms with E-state index in [1.165, 1.54) is 17.9 Å². The van der Waals surface area contributed by atoms with Crippen LogP contribution in [0.3, 0.4) is 0 Å². The Kier molecular flexibility index (Phi) is 3.59. The molecule has 0 atom stereocenters. The molecule has 1 fully saturated rings. The van der Waals surface area contributed by atoms with Gasteiger partial charge in [-0.1, -0.05) is 12.1 Å². The van der Waals surface area contributed by atoms with Gasteiger partial charge in [-0.3, -0.25) is 0 Å². The molecule has 0 radical (unpaired) electrons. The highest BCUT2D eigenvalue weighted by molar-refractivity contribution is 8.16. The number of carboxylic acid groups (broad SMARTS) is 1. The van der Waals surface area contributed by atoms with Crippen molar-refractivity contribution in [3.63, 3.8) is 0 Å². The van der Waals surface area contributed by atoms with Gasteiger partial charge in [0.25, 0.3) is 0 Å². The monoisotopic (exact) mass is 240 g/mol. The zero-order valence-electron chi connectivity index (χ0n) is 8.18. The van der Waals surface area contributed by atoms with E-state index in [2.05, 4.69) is 0 Å². The van der Waals surface area contributed by atoms with Gasteiger partial charge in [0.2, 0.25) is 0 Å². The number of hydrogen-bond acceptors (Lipinski definition) is 3. The summed E-state index contributed by atoms with van der Waals surface area (Å²) >= 11 is 3.81. The molecule has 2 nitrogen and oxygen atoms in total. The van der Waals surface area contributed by atoms with Gasteiger partial charge in [-0.25, -0.2) is 4.79 Å². The second-order valence-electron chi connectivity index (χ2n) is 3.36. The van der Waals surface area contributed by atoms with Crippen LogP contribution in [0.15, 0.2) is 24.3 Å². The third-order valence-corrected chi connectivity index (χ3v) is 5.25. The molecule has 80 valence electrons. The van der Waals surface area contributed by atoms with Gasteiger partial charge < -0.3 is 5.11 Å². The second-order valence-corrected chi connectivity index (χ2v) is 6.08. The van der Waals surface area contributed by atoms with E-state index < -0.39 is 5.97 Å². The van der Waals surface area contributed by atoms with E-state index in [9.17, 15) is 4.79 Å². The Morgan fingerprint density at radius 3 is 2.73 bits per heavy atom. The number of aromatic carboxylic acids is 1. The van der Waals surface area contributed by atoms with Gasteiger partial charge in [0.05, 0.1) is 10.1 Å². The first-order valence-corrected chi connectivity index (χ1v) is 6.93. The number of thioether (sulfide) groups is 2. The van der Waals surface area contributed by atoms with Crippen molar-refractivity contribution in [1.82, 2.24) is 0 Å². The summed E-state index contributed by atoms with van der Waals surface area (Å²) in [7, 11) is 0. The first-order valence-electron chi connectivity index (χ1n) is 4.84. The predicted octanol–water partition coefficient (Wildman–Crippen LogP) is 3.25. The maximum absolute atomic E-state index is 10.8. The number of benzene rings is 1. The van der Waals surface area contributed by atoms with Crippen molar-refractivity contribution in [3.8, 4) is 0 Å². The third-order valence-electron chi connectivity index (χ3n) is 2.23. The lowest BCUT2D eigenvalue weighted by Gasteiger charge is -2.21. The van der Waals surface area contributed by atoms with Crippen molar-refractivity contribution in [2.45, 2.75) is 11.0 Å². The van der Waals surface area contributed by atoms with Gasteiger partial charge in [0, 0.05) is 0 Å². The second kappa shape index (κ2) is 4.94. The molecule has 1 aromatic carbocycles. The molecule has 1 N–H and O–H groups in total. The van der Waals surface area contributed by atoms with Crippen molar-refractivity contribution in [2.75, 3.05) is 11.5 Å². The van der Waals surface area contributed by atoms with Gasteiger partial charge in [0.1, 0.15) is 0 Å². The lowest BCUT2D eigenvalue weighted by molar-refractivity contribution is 0.0697. The van der Waals surface area contributed by atoms with Crippen LogP contribution in [0.4, 0.5) is 0 Å². The van der Waals surface area contributed by atoms with E-state index >= 15 is 0 Å². The highest BCUT2D eigenvalue weighted by Gasteiger charge is 2.17. The molecular weight excluding hydrogens is 228 g/mol. The van der Waals surface area contributed by atoms with Crippen molar-refractivity contribution < 1.29 is 9.90 Å². The topological polar surface area (TPSA) is 37.3 Å². The lowest BCUT2D eigenvalue weighted by atomic mass is 10.1. The van der Waals surface area contributed by atoms with Crippen molar-refractivity contribution in [1.29, 1.82) is 0 Å². The molecular formula is C11H12O2S2. The molecule has 0 aliphatic carbocycles. The van der Waals surface area contributed by atoms with Crippen LogP contribution in [0.5, 0.6) is 0 Å². The van der Waals surface area contributed by atoms with Crippen LogP contribution in [0.1, 0.15) is 26.9 Å². The molecule has 0 spiro atoms. The number of carbonyl (C=O) groups is 1. The van der Waals surface area contributed by atoms with Gasteiger partial charge in [-0.15, -0.1) is 23.5 Å². The Labute approximate surface area is 97.5 Å². The number of carboxylic acids is 1. The average Bonchev–Trinajstić information content (AvgIpc) is 2.30. The molecule has 0 amide bonds. The highest BCUT2D eigenvalue weighted by Crippen LogP contribution is 2.43. The van der Waals surface area contributed by atoms with Gasteiger partial charge in [-0.2, -0.15) is 0 Å². The summed E-state index contributed by atoms with van der Waals surface area (Å²) in [6, 6.07) is 7.28. The zero-order valence-corrected chi connectivity index (χ0v) is 9.81. The zero-order chi connectivity index (χ0) is 10.7. The summed E-state index contributed by atoms with van der Waals surface area (Å²) in [5, 5.41) is 8.89. The molecule has 0 unspecified atom stereocenters. The summed E-state index contributed by atoms with van der Waals surface area (Å²) in [6.07, 6.45) is 1.25. The fraction of sp³-hybridized carbons (Fsp3) is 0.364. The molecule has 1 heterocycles. The molecule has 1 aromatic rings. The van der Waals surface area contributed by atoms with Gasteiger partial charge in [0.15, 0.2) is 0 Å². The van der Waals surface area contributed by atoms with Crippen LogP contribution < -0.4 is 0 Å². The van der Waals surface area contributed by atoms with E-state index in [0.717, 1.165) is 5.56 Å². The Hall–Kier alpha value is -0.610. The van der Waals surface area contributed by atoms with E-state index in [1.54, 1.807) is 12.1 Å². The van der Waals surface area contributed by atoms with Crippen LogP contribution >= 0.6 is 23.5 Å². The maximum atomic E-state index is 10.8. The van der Waals surface area contributed by atoms with Crippen LogP contribution in [0.2, 0.25) is 0 Å². The minimum atomic E-state index is -0.845. The Bertz CT molecular complexity index is 359. The molecule has 1 saturated heterocycles. The van der Waals surface area contributed by atoms with Crippen LogP contribution in [0.25, 0.3) is 0 Å². The quantitative estimate of drug-likeness (QED) is 0.861.